The minimum absolute atomic E-state index is 0.286. The molecule has 0 radical (unpaired) electrons. The zero-order chi connectivity index (χ0) is 15.4. The zero-order valence-corrected chi connectivity index (χ0v) is 10.9. The molecule has 1 N–H and O–H groups in total. The van der Waals surface area contributed by atoms with E-state index in [1.807, 2.05) is 6.92 Å². The van der Waals surface area contributed by atoms with Gasteiger partial charge in [-0.25, -0.2) is 4.98 Å². The lowest BCUT2D eigenvalue weighted by molar-refractivity contribution is -0.290. The molecule has 1 aromatic heterocycles. The summed E-state index contributed by atoms with van der Waals surface area (Å²) >= 11 is 0. The molecular formula is C11H14F5N3O. The summed E-state index contributed by atoms with van der Waals surface area (Å²) < 4.78 is 66.0. The molecule has 0 aliphatic heterocycles. The van der Waals surface area contributed by atoms with Crippen molar-refractivity contribution in [2.75, 3.05) is 19.0 Å². The fourth-order valence-electron chi connectivity index (χ4n) is 1.26. The smallest absolute Gasteiger partial charge is 0.456 e. The molecule has 0 unspecified atom stereocenters. The second kappa shape index (κ2) is 6.19. The maximum Gasteiger partial charge on any atom is 0.456 e. The van der Waals surface area contributed by atoms with Crippen LogP contribution in [0.3, 0.4) is 0 Å². The first kappa shape index (κ1) is 16.4. The van der Waals surface area contributed by atoms with Crippen LogP contribution in [0.25, 0.3) is 0 Å². The fourth-order valence-corrected chi connectivity index (χ4v) is 1.26. The van der Waals surface area contributed by atoms with Crippen LogP contribution in [0, 0.1) is 0 Å². The second-order valence-electron chi connectivity index (χ2n) is 4.00. The highest BCUT2D eigenvalue weighted by Gasteiger charge is 2.58. The molecule has 1 rings (SSSR count). The SMILES string of the molecule is CCCc1nc(NC)cc(OCC(F)(F)C(F)(F)F)n1. The van der Waals surface area contributed by atoms with Crippen molar-refractivity contribution in [2.24, 2.45) is 0 Å². The van der Waals surface area contributed by atoms with Crippen LogP contribution in [-0.4, -0.2) is 35.7 Å². The highest BCUT2D eigenvalue weighted by molar-refractivity contribution is 5.37. The van der Waals surface area contributed by atoms with Gasteiger partial charge in [-0.15, -0.1) is 0 Å². The molecular weight excluding hydrogens is 285 g/mol. The van der Waals surface area contributed by atoms with Crippen LogP contribution in [-0.2, 0) is 6.42 Å². The molecule has 20 heavy (non-hydrogen) atoms. The predicted octanol–water partition coefficient (Wildman–Crippen LogP) is 3.05. The summed E-state index contributed by atoms with van der Waals surface area (Å²) in [4.78, 5) is 7.81. The number of nitrogens with one attached hydrogen (secondary N) is 1. The third-order valence-electron chi connectivity index (χ3n) is 2.29. The number of ether oxygens (including phenoxy) is 1. The molecule has 0 saturated carbocycles. The molecule has 0 aliphatic rings. The van der Waals surface area contributed by atoms with Crippen LogP contribution in [0.5, 0.6) is 5.88 Å². The van der Waals surface area contributed by atoms with E-state index in [0.717, 1.165) is 6.07 Å². The van der Waals surface area contributed by atoms with Crippen molar-refractivity contribution in [3.05, 3.63) is 11.9 Å². The van der Waals surface area contributed by atoms with Gasteiger partial charge in [-0.2, -0.15) is 26.9 Å². The van der Waals surface area contributed by atoms with Crippen LogP contribution in [0.4, 0.5) is 27.8 Å². The van der Waals surface area contributed by atoms with Crippen molar-refractivity contribution in [2.45, 2.75) is 31.9 Å². The predicted molar refractivity (Wildman–Crippen MR) is 62.1 cm³/mol. The van der Waals surface area contributed by atoms with Crippen molar-refractivity contribution in [1.82, 2.24) is 9.97 Å². The van der Waals surface area contributed by atoms with Crippen LogP contribution in [0.1, 0.15) is 19.2 Å². The molecule has 0 amide bonds. The van der Waals surface area contributed by atoms with E-state index in [2.05, 4.69) is 20.0 Å². The quantitative estimate of drug-likeness (QED) is 0.820. The molecule has 0 bridgehead atoms. The summed E-state index contributed by atoms with van der Waals surface area (Å²) in [6.45, 7) is 0.0377. The van der Waals surface area contributed by atoms with E-state index in [1.54, 1.807) is 0 Å². The van der Waals surface area contributed by atoms with E-state index in [4.69, 9.17) is 0 Å². The summed E-state index contributed by atoms with van der Waals surface area (Å²) in [5.74, 6) is -4.65. The minimum atomic E-state index is -5.65. The molecule has 4 nitrogen and oxygen atoms in total. The van der Waals surface area contributed by atoms with Gasteiger partial charge in [0.15, 0.2) is 6.61 Å². The Bertz CT molecular complexity index is 450. The van der Waals surface area contributed by atoms with Gasteiger partial charge in [-0.3, -0.25) is 0 Å². The van der Waals surface area contributed by atoms with Gasteiger partial charge >= 0.3 is 12.1 Å². The van der Waals surface area contributed by atoms with Crippen LogP contribution in [0.15, 0.2) is 6.07 Å². The van der Waals surface area contributed by atoms with Crippen molar-refractivity contribution < 1.29 is 26.7 Å². The van der Waals surface area contributed by atoms with E-state index in [1.165, 1.54) is 7.05 Å². The Balaban J connectivity index is 2.84. The standard InChI is InChI=1S/C11H14F5N3O/c1-3-4-7-18-8(17-2)5-9(19-7)20-6-10(12,13)11(14,15)16/h5H,3-4,6H2,1-2H3,(H,17,18,19). The van der Waals surface area contributed by atoms with Crippen molar-refractivity contribution >= 4 is 5.82 Å². The average Bonchev–Trinajstić information content (AvgIpc) is 2.35. The normalized spacial score (nSPS) is 12.3. The lowest BCUT2D eigenvalue weighted by atomic mass is 10.3. The van der Waals surface area contributed by atoms with Crippen LogP contribution in [0.2, 0.25) is 0 Å². The number of halogens is 5. The van der Waals surface area contributed by atoms with E-state index in [-0.39, 0.29) is 11.7 Å². The molecule has 114 valence electrons. The summed E-state index contributed by atoms with van der Waals surface area (Å²) in [7, 11) is 1.53. The molecule has 0 aromatic carbocycles. The van der Waals surface area contributed by atoms with Crippen molar-refractivity contribution in [3.63, 3.8) is 0 Å². The van der Waals surface area contributed by atoms with Crippen LogP contribution < -0.4 is 10.1 Å². The zero-order valence-electron chi connectivity index (χ0n) is 10.9. The van der Waals surface area contributed by atoms with Gasteiger partial charge in [-0.05, 0) is 6.42 Å². The highest BCUT2D eigenvalue weighted by atomic mass is 19.4. The lowest BCUT2D eigenvalue weighted by Crippen LogP contribution is -2.41. The number of aromatic nitrogens is 2. The number of hydrogen-bond acceptors (Lipinski definition) is 4. The number of nitrogens with zero attached hydrogens (tertiary/aromatic N) is 2. The highest BCUT2D eigenvalue weighted by Crippen LogP contribution is 2.35. The monoisotopic (exact) mass is 299 g/mol. The van der Waals surface area contributed by atoms with E-state index in [9.17, 15) is 22.0 Å². The average molecular weight is 299 g/mol. The van der Waals surface area contributed by atoms with Crippen LogP contribution >= 0.6 is 0 Å². The van der Waals surface area contributed by atoms with Gasteiger partial charge in [0.2, 0.25) is 5.88 Å². The topological polar surface area (TPSA) is 47.0 Å². The summed E-state index contributed by atoms with van der Waals surface area (Å²) in [6, 6.07) is 1.16. The van der Waals surface area contributed by atoms with E-state index >= 15 is 0 Å². The number of rotatable bonds is 6. The Morgan fingerprint density at radius 3 is 2.35 bits per heavy atom. The Morgan fingerprint density at radius 2 is 1.85 bits per heavy atom. The van der Waals surface area contributed by atoms with Gasteiger partial charge in [0.1, 0.15) is 11.6 Å². The number of aryl methyl sites for hydroxylation is 1. The second-order valence-corrected chi connectivity index (χ2v) is 4.00. The number of alkyl halides is 5. The molecule has 1 heterocycles. The molecule has 0 spiro atoms. The van der Waals surface area contributed by atoms with Crippen molar-refractivity contribution in [3.8, 4) is 5.88 Å². The first-order valence-corrected chi connectivity index (χ1v) is 5.82. The van der Waals surface area contributed by atoms with E-state index < -0.39 is 18.7 Å². The summed E-state index contributed by atoms with van der Waals surface area (Å²) in [5.41, 5.74) is 0. The number of anilines is 1. The van der Waals surface area contributed by atoms with Gasteiger partial charge in [0.25, 0.3) is 0 Å². The lowest BCUT2D eigenvalue weighted by Gasteiger charge is -2.19. The van der Waals surface area contributed by atoms with Crippen molar-refractivity contribution in [1.29, 1.82) is 0 Å². The number of hydrogen-bond donors (Lipinski definition) is 1. The minimum Gasteiger partial charge on any atom is -0.471 e. The molecule has 0 aliphatic carbocycles. The molecule has 0 fully saturated rings. The molecule has 0 saturated heterocycles. The van der Waals surface area contributed by atoms with E-state index in [0.29, 0.717) is 18.7 Å². The molecule has 9 heteroatoms. The largest absolute Gasteiger partial charge is 0.471 e. The fraction of sp³-hybridized carbons (Fsp3) is 0.636. The maximum atomic E-state index is 12.7. The summed E-state index contributed by atoms with van der Waals surface area (Å²) in [5, 5.41) is 2.65. The Hall–Kier alpha value is -1.67. The molecule has 1 aromatic rings. The Labute approximate surface area is 112 Å². The first-order valence-electron chi connectivity index (χ1n) is 5.82. The maximum absolute atomic E-state index is 12.7. The first-order chi connectivity index (χ1) is 9.19. The third-order valence-corrected chi connectivity index (χ3v) is 2.29. The van der Waals surface area contributed by atoms with Gasteiger partial charge in [0.05, 0.1) is 0 Å². The third kappa shape index (κ3) is 4.17. The molecule has 0 atom stereocenters. The van der Waals surface area contributed by atoms with Gasteiger partial charge in [0, 0.05) is 19.5 Å². The van der Waals surface area contributed by atoms with Gasteiger partial charge in [-0.1, -0.05) is 6.92 Å². The Morgan fingerprint density at radius 1 is 1.20 bits per heavy atom. The summed E-state index contributed by atoms with van der Waals surface area (Å²) in [6.07, 6.45) is -4.50. The Kier molecular flexibility index (Phi) is 5.07. The van der Waals surface area contributed by atoms with Gasteiger partial charge < -0.3 is 10.1 Å².